The van der Waals surface area contributed by atoms with Crippen molar-refractivity contribution in [3.05, 3.63) is 0 Å². The van der Waals surface area contributed by atoms with Crippen molar-refractivity contribution in [1.82, 2.24) is 5.32 Å². The van der Waals surface area contributed by atoms with Crippen molar-refractivity contribution in [3.8, 4) is 0 Å². The molecule has 0 spiro atoms. The second-order valence-electron chi connectivity index (χ2n) is 4.12. The summed E-state index contributed by atoms with van der Waals surface area (Å²) in [5.74, 6) is 3.04. The first-order valence-electron chi connectivity index (χ1n) is 5.74. The van der Waals surface area contributed by atoms with Crippen LogP contribution in [0.3, 0.4) is 0 Å². The van der Waals surface area contributed by atoms with Crippen molar-refractivity contribution in [1.29, 1.82) is 0 Å². The quantitative estimate of drug-likeness (QED) is 0.752. The van der Waals surface area contributed by atoms with E-state index in [4.69, 9.17) is 5.11 Å². The van der Waals surface area contributed by atoms with Gasteiger partial charge in [0.15, 0.2) is 0 Å². The first-order chi connectivity index (χ1) is 7.26. The molecule has 1 atom stereocenters. The molecule has 15 heavy (non-hydrogen) atoms. The van der Waals surface area contributed by atoms with Crippen molar-refractivity contribution in [2.24, 2.45) is 5.92 Å². The fraction of sp³-hybridized carbons (Fsp3) is 0.909. The number of hydrogen-bond acceptors (Lipinski definition) is 3. The molecule has 1 heterocycles. The molecular formula is C11H21NO2S. The molecule has 4 heteroatoms. The zero-order valence-corrected chi connectivity index (χ0v) is 10.2. The third-order valence-electron chi connectivity index (χ3n) is 2.89. The van der Waals surface area contributed by atoms with Crippen molar-refractivity contribution in [2.75, 3.05) is 18.1 Å². The van der Waals surface area contributed by atoms with E-state index < -0.39 is 0 Å². The van der Waals surface area contributed by atoms with Crippen LogP contribution in [0.15, 0.2) is 0 Å². The van der Waals surface area contributed by atoms with Gasteiger partial charge in [-0.3, -0.25) is 4.79 Å². The Morgan fingerprint density at radius 1 is 1.53 bits per heavy atom. The van der Waals surface area contributed by atoms with Crippen LogP contribution < -0.4 is 5.32 Å². The Balaban J connectivity index is 2.21. The van der Waals surface area contributed by atoms with Crippen LogP contribution in [-0.4, -0.2) is 35.2 Å². The summed E-state index contributed by atoms with van der Waals surface area (Å²) in [6.45, 7) is 2.02. The summed E-state index contributed by atoms with van der Waals surface area (Å²) in [5, 5.41) is 11.8. The smallest absolute Gasteiger partial charge is 0.220 e. The van der Waals surface area contributed by atoms with Crippen molar-refractivity contribution in [3.63, 3.8) is 0 Å². The van der Waals surface area contributed by atoms with Gasteiger partial charge in [0.1, 0.15) is 0 Å². The van der Waals surface area contributed by atoms with E-state index in [9.17, 15) is 4.79 Å². The minimum absolute atomic E-state index is 0.0444. The van der Waals surface area contributed by atoms with Crippen LogP contribution in [0.2, 0.25) is 0 Å². The van der Waals surface area contributed by atoms with Gasteiger partial charge in [0.2, 0.25) is 5.91 Å². The molecule has 88 valence electrons. The highest BCUT2D eigenvalue weighted by Gasteiger charge is 2.18. The third-order valence-corrected chi connectivity index (χ3v) is 3.94. The van der Waals surface area contributed by atoms with Gasteiger partial charge in [0, 0.05) is 6.42 Å². The Bertz CT molecular complexity index is 189. The van der Waals surface area contributed by atoms with Gasteiger partial charge in [-0.05, 0) is 36.7 Å². The molecule has 2 N–H and O–H groups in total. The van der Waals surface area contributed by atoms with Crippen LogP contribution in [0, 0.1) is 5.92 Å². The molecule has 1 aliphatic heterocycles. The highest BCUT2D eigenvalue weighted by molar-refractivity contribution is 7.99. The summed E-state index contributed by atoms with van der Waals surface area (Å²) >= 11 is 1.98. The Labute approximate surface area is 96.0 Å². The zero-order chi connectivity index (χ0) is 11.1. The van der Waals surface area contributed by atoms with E-state index in [0.717, 1.165) is 19.3 Å². The number of amides is 1. The van der Waals surface area contributed by atoms with E-state index in [0.29, 0.717) is 12.3 Å². The molecule has 0 saturated carbocycles. The van der Waals surface area contributed by atoms with Gasteiger partial charge in [-0.25, -0.2) is 0 Å². The van der Waals surface area contributed by atoms with Crippen molar-refractivity contribution >= 4 is 17.7 Å². The lowest BCUT2D eigenvalue weighted by atomic mass is 9.98. The second kappa shape index (κ2) is 7.12. The van der Waals surface area contributed by atoms with Crippen LogP contribution in [-0.2, 0) is 4.79 Å². The summed E-state index contributed by atoms with van der Waals surface area (Å²) < 4.78 is 0. The molecule has 1 aliphatic rings. The summed E-state index contributed by atoms with van der Waals surface area (Å²) in [4.78, 5) is 11.6. The number of rotatable bonds is 5. The average Bonchev–Trinajstić information content (AvgIpc) is 2.27. The lowest BCUT2D eigenvalue weighted by Crippen LogP contribution is -2.38. The predicted octanol–water partition coefficient (Wildman–Crippen LogP) is 1.41. The van der Waals surface area contributed by atoms with Crippen LogP contribution in [0.1, 0.15) is 32.6 Å². The number of aliphatic hydroxyl groups is 1. The number of carbonyl (C=O) groups is 1. The maximum Gasteiger partial charge on any atom is 0.220 e. The van der Waals surface area contributed by atoms with Crippen LogP contribution >= 0.6 is 11.8 Å². The Hall–Kier alpha value is -0.220. The molecule has 0 aromatic rings. The molecule has 1 unspecified atom stereocenters. The largest absolute Gasteiger partial charge is 0.394 e. The first kappa shape index (κ1) is 12.8. The highest BCUT2D eigenvalue weighted by Crippen LogP contribution is 2.25. The van der Waals surface area contributed by atoms with E-state index in [2.05, 4.69) is 5.32 Å². The van der Waals surface area contributed by atoms with E-state index in [1.165, 1.54) is 11.5 Å². The van der Waals surface area contributed by atoms with Crippen molar-refractivity contribution < 1.29 is 9.90 Å². The van der Waals surface area contributed by atoms with Gasteiger partial charge in [-0.15, -0.1) is 0 Å². The molecular weight excluding hydrogens is 210 g/mol. The van der Waals surface area contributed by atoms with Gasteiger partial charge >= 0.3 is 0 Å². The van der Waals surface area contributed by atoms with Gasteiger partial charge in [0.05, 0.1) is 12.6 Å². The number of thioether (sulfide) groups is 1. The van der Waals surface area contributed by atoms with Gasteiger partial charge in [-0.1, -0.05) is 6.92 Å². The highest BCUT2D eigenvalue weighted by atomic mass is 32.2. The Morgan fingerprint density at radius 3 is 2.73 bits per heavy atom. The topological polar surface area (TPSA) is 49.3 Å². The monoisotopic (exact) mass is 231 g/mol. The summed E-state index contributed by atoms with van der Waals surface area (Å²) in [7, 11) is 0. The maximum atomic E-state index is 11.6. The number of nitrogens with one attached hydrogen (secondary N) is 1. The molecule has 1 fully saturated rings. The lowest BCUT2D eigenvalue weighted by Gasteiger charge is -2.22. The predicted molar refractivity (Wildman–Crippen MR) is 64.0 cm³/mol. The fourth-order valence-corrected chi connectivity index (χ4v) is 2.98. The zero-order valence-electron chi connectivity index (χ0n) is 9.37. The fourth-order valence-electron chi connectivity index (χ4n) is 1.78. The van der Waals surface area contributed by atoms with Gasteiger partial charge < -0.3 is 10.4 Å². The number of hydrogen-bond donors (Lipinski definition) is 2. The number of carbonyl (C=O) groups excluding carboxylic acids is 1. The number of aliphatic hydroxyl groups excluding tert-OH is 1. The van der Waals surface area contributed by atoms with E-state index in [-0.39, 0.29) is 18.6 Å². The van der Waals surface area contributed by atoms with Gasteiger partial charge in [-0.2, -0.15) is 11.8 Å². The van der Waals surface area contributed by atoms with Crippen molar-refractivity contribution in [2.45, 2.75) is 38.6 Å². The van der Waals surface area contributed by atoms with Gasteiger partial charge in [0.25, 0.3) is 0 Å². The molecule has 3 nitrogen and oxygen atoms in total. The minimum Gasteiger partial charge on any atom is -0.394 e. The summed E-state index contributed by atoms with van der Waals surface area (Å²) in [6, 6.07) is -0.0598. The maximum absolute atomic E-state index is 11.6. The van der Waals surface area contributed by atoms with E-state index >= 15 is 0 Å². The SMILES string of the molecule is CCC(CO)NC(=O)CC1CCSCC1. The van der Waals surface area contributed by atoms with E-state index in [1.54, 1.807) is 0 Å². The summed E-state index contributed by atoms with van der Waals surface area (Å²) in [5.41, 5.74) is 0. The average molecular weight is 231 g/mol. The molecule has 0 radical (unpaired) electrons. The Kier molecular flexibility index (Phi) is 6.10. The standard InChI is InChI=1S/C11H21NO2S/c1-2-10(8-13)12-11(14)7-9-3-5-15-6-4-9/h9-10,13H,2-8H2,1H3,(H,12,14). The molecule has 0 aliphatic carbocycles. The third kappa shape index (κ3) is 4.89. The summed E-state index contributed by atoms with van der Waals surface area (Å²) in [6.07, 6.45) is 3.75. The second-order valence-corrected chi connectivity index (χ2v) is 5.34. The molecule has 0 aromatic carbocycles. The first-order valence-corrected chi connectivity index (χ1v) is 6.89. The molecule has 1 rings (SSSR count). The normalized spacial score (nSPS) is 19.9. The Morgan fingerprint density at radius 2 is 2.20 bits per heavy atom. The molecule has 1 saturated heterocycles. The van der Waals surface area contributed by atoms with Crippen LogP contribution in [0.5, 0.6) is 0 Å². The lowest BCUT2D eigenvalue weighted by molar-refractivity contribution is -0.123. The van der Waals surface area contributed by atoms with E-state index in [1.807, 2.05) is 18.7 Å². The van der Waals surface area contributed by atoms with Crippen LogP contribution in [0.4, 0.5) is 0 Å². The molecule has 0 aromatic heterocycles. The van der Waals surface area contributed by atoms with Crippen LogP contribution in [0.25, 0.3) is 0 Å². The minimum atomic E-state index is -0.0598. The molecule has 0 bridgehead atoms. The molecule has 1 amide bonds.